The van der Waals surface area contributed by atoms with E-state index in [0.29, 0.717) is 18.0 Å². The van der Waals surface area contributed by atoms with Crippen LogP contribution < -0.4 is 5.32 Å². The van der Waals surface area contributed by atoms with Crippen LogP contribution in [0.2, 0.25) is 0 Å². The summed E-state index contributed by atoms with van der Waals surface area (Å²) >= 11 is 0. The molecule has 1 fully saturated rings. The molecule has 2 rings (SSSR count). The first kappa shape index (κ1) is 21.8. The van der Waals surface area contributed by atoms with Crippen LogP contribution in [-0.2, 0) is 0 Å². The van der Waals surface area contributed by atoms with Crippen molar-refractivity contribution in [1.82, 2.24) is 15.1 Å². The molecule has 0 unspecified atom stereocenters. The van der Waals surface area contributed by atoms with E-state index >= 15 is 0 Å². The van der Waals surface area contributed by atoms with Crippen molar-refractivity contribution in [2.45, 2.75) is 51.6 Å². The number of carbonyl (C=O) groups excluding carboxylic acids is 1. The summed E-state index contributed by atoms with van der Waals surface area (Å²) in [7, 11) is 2.02. The van der Waals surface area contributed by atoms with Crippen LogP contribution in [0.1, 0.15) is 49.0 Å². The van der Waals surface area contributed by atoms with Crippen LogP contribution in [0, 0.1) is 12.7 Å². The molecule has 1 heterocycles. The molecule has 152 valence electrons. The molecule has 0 aliphatic carbocycles. The zero-order chi connectivity index (χ0) is 20.0. The Labute approximate surface area is 162 Å². The van der Waals surface area contributed by atoms with Crippen molar-refractivity contribution < 1.29 is 14.3 Å². The number of hydrogen-bond acceptors (Lipinski definition) is 4. The molecule has 0 spiro atoms. The minimum atomic E-state index is -0.394. The summed E-state index contributed by atoms with van der Waals surface area (Å²) in [6.45, 7) is 9.72. The smallest absolute Gasteiger partial charge is 0.252 e. The van der Waals surface area contributed by atoms with Crippen molar-refractivity contribution in [3.63, 3.8) is 0 Å². The van der Waals surface area contributed by atoms with Crippen molar-refractivity contribution in [1.29, 1.82) is 0 Å². The molecular weight excluding hydrogens is 345 g/mol. The van der Waals surface area contributed by atoms with E-state index in [-0.39, 0.29) is 18.1 Å². The van der Waals surface area contributed by atoms with E-state index < -0.39 is 5.82 Å². The highest BCUT2D eigenvalue weighted by Crippen LogP contribution is 2.26. The number of aryl methyl sites for hydroxylation is 1. The van der Waals surface area contributed by atoms with E-state index in [2.05, 4.69) is 29.0 Å². The lowest BCUT2D eigenvalue weighted by atomic mass is 9.85. The maximum Gasteiger partial charge on any atom is 0.252 e. The van der Waals surface area contributed by atoms with E-state index in [1.165, 1.54) is 12.1 Å². The number of aliphatic hydroxyl groups is 1. The molecule has 0 aromatic heterocycles. The average Bonchev–Trinajstić information content (AvgIpc) is 2.62. The number of aliphatic hydroxyl groups excluding tert-OH is 1. The number of carbonyl (C=O) groups is 1. The van der Waals surface area contributed by atoms with Crippen LogP contribution in [0.5, 0.6) is 0 Å². The minimum Gasteiger partial charge on any atom is -0.396 e. The molecule has 1 saturated heterocycles. The first-order valence-electron chi connectivity index (χ1n) is 9.88. The average molecular weight is 380 g/mol. The number of benzene rings is 1. The molecule has 1 aromatic rings. The third kappa shape index (κ3) is 5.99. The molecule has 6 heteroatoms. The first-order valence-corrected chi connectivity index (χ1v) is 9.88. The summed E-state index contributed by atoms with van der Waals surface area (Å²) in [6, 6.07) is 4.82. The van der Waals surface area contributed by atoms with Gasteiger partial charge >= 0.3 is 0 Å². The summed E-state index contributed by atoms with van der Waals surface area (Å²) in [6.07, 6.45) is 2.42. The molecule has 1 aliphatic heterocycles. The predicted molar refractivity (Wildman–Crippen MR) is 106 cm³/mol. The van der Waals surface area contributed by atoms with Crippen molar-refractivity contribution in [3.05, 3.63) is 35.1 Å². The second kappa shape index (κ2) is 9.62. The Balaban J connectivity index is 2.16. The first-order chi connectivity index (χ1) is 12.8. The third-order valence-corrected chi connectivity index (χ3v) is 5.58. The number of amides is 1. The van der Waals surface area contributed by atoms with E-state index in [9.17, 15) is 9.18 Å². The summed E-state index contributed by atoms with van der Waals surface area (Å²) in [5, 5.41) is 12.3. The van der Waals surface area contributed by atoms with Gasteiger partial charge in [0.05, 0.1) is 5.54 Å². The van der Waals surface area contributed by atoms with Crippen LogP contribution in [0.15, 0.2) is 18.2 Å². The van der Waals surface area contributed by atoms with Crippen LogP contribution >= 0.6 is 0 Å². The quantitative estimate of drug-likeness (QED) is 0.728. The Morgan fingerprint density at radius 2 is 2.04 bits per heavy atom. The molecular formula is C21H34FN3O2. The fraction of sp³-hybridized carbons (Fsp3) is 0.667. The molecule has 0 atom stereocenters. The number of hydrogen-bond donors (Lipinski definition) is 2. The maximum absolute atomic E-state index is 13.7. The van der Waals surface area contributed by atoms with Crippen molar-refractivity contribution in [3.8, 4) is 0 Å². The molecule has 5 nitrogen and oxygen atoms in total. The Bertz CT molecular complexity index is 628. The topological polar surface area (TPSA) is 55.8 Å². The van der Waals surface area contributed by atoms with E-state index in [1.54, 1.807) is 6.07 Å². The molecule has 1 aliphatic rings. The van der Waals surface area contributed by atoms with E-state index in [1.807, 2.05) is 14.0 Å². The number of nitrogens with one attached hydrogen (secondary N) is 1. The van der Waals surface area contributed by atoms with Crippen LogP contribution in [0.4, 0.5) is 4.39 Å². The molecule has 1 aromatic carbocycles. The zero-order valence-corrected chi connectivity index (χ0v) is 17.1. The zero-order valence-electron chi connectivity index (χ0n) is 17.1. The number of likely N-dealkylation sites (tertiary alicyclic amines) is 1. The summed E-state index contributed by atoms with van der Waals surface area (Å²) in [5.41, 5.74) is 0.835. The van der Waals surface area contributed by atoms with Gasteiger partial charge in [0.25, 0.3) is 5.91 Å². The highest BCUT2D eigenvalue weighted by Gasteiger charge is 2.37. The largest absolute Gasteiger partial charge is 0.396 e. The monoisotopic (exact) mass is 379 g/mol. The number of nitrogens with zero attached hydrogens (tertiary/aromatic N) is 2. The van der Waals surface area contributed by atoms with Gasteiger partial charge in [-0.15, -0.1) is 0 Å². The van der Waals surface area contributed by atoms with E-state index in [4.69, 9.17) is 5.11 Å². The standard InChI is InChI=1S/C21H34FN3O2/c1-16(2)25-11-8-21(9-12-25,15-24(4)10-5-13-26)23-20(27)19-14-18(22)7-6-17(19)3/h6-7,14,16,26H,5,8-13,15H2,1-4H3,(H,23,27). The van der Waals surface area contributed by atoms with Crippen molar-refractivity contribution >= 4 is 5.91 Å². The van der Waals surface area contributed by atoms with Crippen LogP contribution in [0.25, 0.3) is 0 Å². The molecule has 0 radical (unpaired) electrons. The number of rotatable bonds is 8. The molecule has 27 heavy (non-hydrogen) atoms. The van der Waals surface area contributed by atoms with Crippen LogP contribution in [0.3, 0.4) is 0 Å². The fourth-order valence-electron chi connectivity index (χ4n) is 3.87. The lowest BCUT2D eigenvalue weighted by molar-refractivity contribution is 0.0658. The van der Waals surface area contributed by atoms with Gasteiger partial charge in [-0.2, -0.15) is 0 Å². The number of piperidine rings is 1. The number of halogens is 1. The Kier molecular flexibility index (Phi) is 7.77. The summed E-state index contributed by atoms with van der Waals surface area (Å²) < 4.78 is 13.7. The lowest BCUT2D eigenvalue weighted by Gasteiger charge is -2.45. The van der Waals surface area contributed by atoms with Gasteiger partial charge in [-0.1, -0.05) is 6.07 Å². The Hall–Kier alpha value is -1.50. The van der Waals surface area contributed by atoms with Gasteiger partial charge in [-0.3, -0.25) is 4.79 Å². The fourth-order valence-corrected chi connectivity index (χ4v) is 3.87. The highest BCUT2D eigenvalue weighted by molar-refractivity contribution is 5.96. The minimum absolute atomic E-state index is 0.160. The van der Waals surface area contributed by atoms with Gasteiger partial charge < -0.3 is 20.2 Å². The predicted octanol–water partition coefficient (Wildman–Crippen LogP) is 2.42. The van der Waals surface area contributed by atoms with Gasteiger partial charge in [0.1, 0.15) is 5.82 Å². The number of likely N-dealkylation sites (N-methyl/N-ethyl adjacent to an activating group) is 1. The highest BCUT2D eigenvalue weighted by atomic mass is 19.1. The summed E-state index contributed by atoms with van der Waals surface area (Å²) in [4.78, 5) is 17.5. The van der Waals surface area contributed by atoms with Crippen LogP contribution in [-0.4, -0.2) is 72.2 Å². The molecule has 0 bridgehead atoms. The van der Waals surface area contributed by atoms with Gasteiger partial charge in [0.15, 0.2) is 0 Å². The molecule has 1 amide bonds. The van der Waals surface area contributed by atoms with Gasteiger partial charge in [0, 0.05) is 44.4 Å². The van der Waals surface area contributed by atoms with Gasteiger partial charge in [-0.05, 0) is 64.8 Å². The second-order valence-electron chi connectivity index (χ2n) is 8.14. The van der Waals surface area contributed by atoms with Gasteiger partial charge in [0.2, 0.25) is 0 Å². The van der Waals surface area contributed by atoms with Crippen molar-refractivity contribution in [2.24, 2.45) is 0 Å². The van der Waals surface area contributed by atoms with E-state index in [0.717, 1.165) is 44.6 Å². The van der Waals surface area contributed by atoms with Gasteiger partial charge in [-0.25, -0.2) is 4.39 Å². The SMILES string of the molecule is Cc1ccc(F)cc1C(=O)NC1(CN(C)CCCO)CCN(C(C)C)CC1. The van der Waals surface area contributed by atoms with Crippen molar-refractivity contribution in [2.75, 3.05) is 39.8 Å². The Morgan fingerprint density at radius 1 is 1.37 bits per heavy atom. The maximum atomic E-state index is 13.7. The molecule has 0 saturated carbocycles. The summed E-state index contributed by atoms with van der Waals surface area (Å²) in [5.74, 6) is -0.602. The third-order valence-electron chi connectivity index (χ3n) is 5.58. The molecule has 2 N–H and O–H groups in total. The lowest BCUT2D eigenvalue weighted by Crippen LogP contribution is -2.61. The Morgan fingerprint density at radius 3 is 2.63 bits per heavy atom. The normalized spacial score (nSPS) is 17.5. The second-order valence-corrected chi connectivity index (χ2v) is 8.14.